The van der Waals surface area contributed by atoms with Gasteiger partial charge in [-0.05, 0) is 31.5 Å². The molecule has 0 amide bonds. The van der Waals surface area contributed by atoms with Crippen LogP contribution in [0.5, 0.6) is 0 Å². The molecule has 0 aromatic carbocycles. The van der Waals surface area contributed by atoms with Gasteiger partial charge in [0, 0.05) is 11.8 Å². The summed E-state index contributed by atoms with van der Waals surface area (Å²) in [5.74, 6) is -0.136. The summed E-state index contributed by atoms with van der Waals surface area (Å²) in [6.45, 7) is 3.26. The fourth-order valence-corrected chi connectivity index (χ4v) is 2.49. The van der Waals surface area contributed by atoms with E-state index in [1.54, 1.807) is 32.0 Å². The quantitative estimate of drug-likeness (QED) is 0.709. The number of nitrogens with zero attached hydrogens (tertiary/aromatic N) is 1. The van der Waals surface area contributed by atoms with Crippen LogP contribution in [-0.4, -0.2) is 29.2 Å². The number of hydrogen-bond acceptors (Lipinski definition) is 7. The van der Waals surface area contributed by atoms with Gasteiger partial charge < -0.3 is 23.4 Å². The summed E-state index contributed by atoms with van der Waals surface area (Å²) in [6.07, 6.45) is 1.52. The summed E-state index contributed by atoms with van der Waals surface area (Å²) in [4.78, 5) is 26.9. The summed E-state index contributed by atoms with van der Waals surface area (Å²) in [6, 6.07) is 5.08. The molecule has 0 unspecified atom stereocenters. The van der Waals surface area contributed by atoms with Gasteiger partial charge in [0.15, 0.2) is 5.76 Å². The van der Waals surface area contributed by atoms with Crippen molar-refractivity contribution in [3.8, 4) is 11.5 Å². The van der Waals surface area contributed by atoms with Gasteiger partial charge in [0.1, 0.15) is 18.0 Å². The number of rotatable bonds is 5. The molecule has 0 aliphatic heterocycles. The molecule has 8 heteroatoms. The third kappa shape index (κ3) is 3.18. The Balaban J connectivity index is 1.70. The maximum atomic E-state index is 12.3. The van der Waals surface area contributed by atoms with E-state index in [4.69, 9.17) is 18.4 Å². The molecule has 3 rings (SSSR count). The van der Waals surface area contributed by atoms with Gasteiger partial charge in [-0.25, -0.2) is 9.59 Å². The van der Waals surface area contributed by atoms with Crippen molar-refractivity contribution in [3.05, 3.63) is 52.7 Å². The SMILES string of the molecule is COC(=O)c1c(C)[nH]c(C(=O)OCc2cc(-c3ccco3)on2)c1C. The number of methoxy groups -OCH3 is 1. The van der Waals surface area contributed by atoms with Gasteiger partial charge in [-0.1, -0.05) is 5.16 Å². The van der Waals surface area contributed by atoms with Crippen molar-refractivity contribution < 1.29 is 28.0 Å². The fourth-order valence-electron chi connectivity index (χ4n) is 2.49. The monoisotopic (exact) mass is 344 g/mol. The molecule has 0 spiro atoms. The molecule has 0 aliphatic rings. The lowest BCUT2D eigenvalue weighted by molar-refractivity contribution is 0.0457. The molecule has 3 heterocycles. The van der Waals surface area contributed by atoms with Gasteiger partial charge in [0.2, 0.25) is 5.76 Å². The van der Waals surface area contributed by atoms with Crippen LogP contribution in [0.3, 0.4) is 0 Å². The summed E-state index contributed by atoms with van der Waals surface area (Å²) >= 11 is 0. The third-order valence-corrected chi connectivity index (χ3v) is 3.71. The second-order valence-electron chi connectivity index (χ2n) is 5.35. The lowest BCUT2D eigenvalue weighted by Crippen LogP contribution is -2.08. The van der Waals surface area contributed by atoms with Crippen LogP contribution >= 0.6 is 0 Å². The summed E-state index contributed by atoms with van der Waals surface area (Å²) in [5.41, 5.74) is 1.99. The van der Waals surface area contributed by atoms with Gasteiger partial charge >= 0.3 is 11.9 Å². The van der Waals surface area contributed by atoms with Crippen molar-refractivity contribution >= 4 is 11.9 Å². The molecule has 0 fully saturated rings. The first-order valence-corrected chi connectivity index (χ1v) is 7.45. The fraction of sp³-hybridized carbons (Fsp3) is 0.235. The zero-order valence-electron chi connectivity index (χ0n) is 13.9. The molecule has 3 aromatic heterocycles. The van der Waals surface area contributed by atoms with E-state index in [2.05, 4.69) is 10.1 Å². The van der Waals surface area contributed by atoms with Crippen molar-refractivity contribution in [1.82, 2.24) is 10.1 Å². The Morgan fingerprint density at radius 3 is 2.72 bits per heavy atom. The molecule has 0 saturated carbocycles. The lowest BCUT2D eigenvalue weighted by Gasteiger charge is -2.02. The van der Waals surface area contributed by atoms with E-state index >= 15 is 0 Å². The Kier molecular flexibility index (Phi) is 4.42. The highest BCUT2D eigenvalue weighted by Gasteiger charge is 2.23. The first kappa shape index (κ1) is 16.6. The molecule has 0 aliphatic carbocycles. The number of nitrogens with one attached hydrogen (secondary N) is 1. The molecule has 0 bridgehead atoms. The van der Waals surface area contributed by atoms with E-state index in [0.29, 0.717) is 34.0 Å². The molecular formula is C17H16N2O6. The highest BCUT2D eigenvalue weighted by atomic mass is 16.5. The van der Waals surface area contributed by atoms with Crippen LogP contribution in [0.1, 0.15) is 37.8 Å². The average Bonchev–Trinajstić information content (AvgIpc) is 3.32. The maximum Gasteiger partial charge on any atom is 0.355 e. The summed E-state index contributed by atoms with van der Waals surface area (Å²) < 4.78 is 20.3. The van der Waals surface area contributed by atoms with Crippen molar-refractivity contribution in [2.75, 3.05) is 7.11 Å². The number of furan rings is 1. The molecule has 3 aromatic rings. The standard InChI is InChI=1S/C17H16N2O6/c1-9-14(16(20)22-3)10(2)18-15(9)17(21)24-8-11-7-13(25-19-11)12-5-4-6-23-12/h4-7,18H,8H2,1-3H3. The van der Waals surface area contributed by atoms with Crippen molar-refractivity contribution in [1.29, 1.82) is 0 Å². The molecule has 0 radical (unpaired) electrons. The second kappa shape index (κ2) is 6.68. The number of ether oxygens (including phenoxy) is 2. The molecule has 0 saturated heterocycles. The number of aromatic nitrogens is 2. The van der Waals surface area contributed by atoms with E-state index in [-0.39, 0.29) is 12.3 Å². The van der Waals surface area contributed by atoms with Gasteiger partial charge in [0.25, 0.3) is 0 Å². The number of H-pyrrole nitrogens is 1. The number of aromatic amines is 1. The number of aryl methyl sites for hydroxylation is 1. The van der Waals surface area contributed by atoms with E-state index in [9.17, 15) is 9.59 Å². The first-order valence-electron chi connectivity index (χ1n) is 7.45. The zero-order chi connectivity index (χ0) is 18.0. The zero-order valence-corrected chi connectivity index (χ0v) is 13.9. The number of esters is 2. The van der Waals surface area contributed by atoms with Crippen LogP contribution in [0.4, 0.5) is 0 Å². The van der Waals surface area contributed by atoms with Crippen molar-refractivity contribution in [2.45, 2.75) is 20.5 Å². The Morgan fingerprint density at radius 2 is 2.04 bits per heavy atom. The molecular weight excluding hydrogens is 328 g/mol. The average molecular weight is 344 g/mol. The minimum atomic E-state index is -0.599. The Hall–Kier alpha value is -3.29. The largest absolute Gasteiger partial charge is 0.465 e. The van der Waals surface area contributed by atoms with Crippen LogP contribution in [0.2, 0.25) is 0 Å². The molecule has 130 valence electrons. The highest BCUT2D eigenvalue weighted by Crippen LogP contribution is 2.22. The van der Waals surface area contributed by atoms with E-state index in [0.717, 1.165) is 0 Å². The van der Waals surface area contributed by atoms with Crippen LogP contribution in [0.25, 0.3) is 11.5 Å². The minimum absolute atomic E-state index is 0.0753. The summed E-state index contributed by atoms with van der Waals surface area (Å²) in [5, 5.41) is 3.83. The van der Waals surface area contributed by atoms with Crippen molar-refractivity contribution in [2.24, 2.45) is 0 Å². The number of hydrogen-bond donors (Lipinski definition) is 1. The van der Waals surface area contributed by atoms with E-state index < -0.39 is 11.9 Å². The second-order valence-corrected chi connectivity index (χ2v) is 5.35. The molecule has 25 heavy (non-hydrogen) atoms. The lowest BCUT2D eigenvalue weighted by atomic mass is 10.1. The Morgan fingerprint density at radius 1 is 1.24 bits per heavy atom. The van der Waals surface area contributed by atoms with E-state index in [1.165, 1.54) is 13.4 Å². The third-order valence-electron chi connectivity index (χ3n) is 3.71. The Bertz CT molecular complexity index is 904. The van der Waals surface area contributed by atoms with Crippen LogP contribution < -0.4 is 0 Å². The normalized spacial score (nSPS) is 10.7. The highest BCUT2D eigenvalue weighted by molar-refractivity contribution is 5.98. The predicted molar refractivity (Wildman–Crippen MR) is 84.9 cm³/mol. The van der Waals surface area contributed by atoms with Crippen LogP contribution in [0.15, 0.2) is 33.4 Å². The summed E-state index contributed by atoms with van der Waals surface area (Å²) in [7, 11) is 1.29. The smallest absolute Gasteiger partial charge is 0.355 e. The van der Waals surface area contributed by atoms with E-state index in [1.807, 2.05) is 0 Å². The van der Waals surface area contributed by atoms with Crippen LogP contribution in [-0.2, 0) is 16.1 Å². The maximum absolute atomic E-state index is 12.3. The number of carbonyl (C=O) groups excluding carboxylic acids is 2. The minimum Gasteiger partial charge on any atom is -0.465 e. The molecule has 0 atom stereocenters. The van der Waals surface area contributed by atoms with Gasteiger partial charge in [0.05, 0.1) is 18.9 Å². The molecule has 1 N–H and O–H groups in total. The van der Waals surface area contributed by atoms with Gasteiger partial charge in [-0.3, -0.25) is 0 Å². The first-order chi connectivity index (χ1) is 12.0. The Labute approximate surface area is 142 Å². The molecule has 8 nitrogen and oxygen atoms in total. The number of carbonyl (C=O) groups is 2. The van der Waals surface area contributed by atoms with Gasteiger partial charge in [-0.2, -0.15) is 0 Å². The topological polar surface area (TPSA) is 108 Å². The predicted octanol–water partition coefficient (Wildman–Crippen LogP) is 3.02. The van der Waals surface area contributed by atoms with Crippen LogP contribution in [0, 0.1) is 13.8 Å². The van der Waals surface area contributed by atoms with Gasteiger partial charge in [-0.15, -0.1) is 0 Å². The van der Waals surface area contributed by atoms with Crippen molar-refractivity contribution in [3.63, 3.8) is 0 Å².